The monoisotopic (exact) mass is 425 g/mol. The highest BCUT2D eigenvalue weighted by Gasteiger charge is 2.41. The molecule has 0 unspecified atom stereocenters. The van der Waals surface area contributed by atoms with Crippen LogP contribution >= 0.6 is 11.6 Å². The summed E-state index contributed by atoms with van der Waals surface area (Å²) >= 11 is 5.91. The highest BCUT2D eigenvalue weighted by molar-refractivity contribution is 7.89. The zero-order chi connectivity index (χ0) is 20.0. The number of aryl methyl sites for hydroxylation is 3. The van der Waals surface area contributed by atoms with Crippen molar-refractivity contribution in [2.45, 2.75) is 49.7 Å². The van der Waals surface area contributed by atoms with E-state index in [0.717, 1.165) is 12.8 Å². The Kier molecular flexibility index (Phi) is 5.30. The van der Waals surface area contributed by atoms with Crippen molar-refractivity contribution < 1.29 is 21.6 Å². The van der Waals surface area contributed by atoms with Crippen LogP contribution in [0.15, 0.2) is 11.1 Å². The third-order valence-electron chi connectivity index (χ3n) is 4.26. The molecule has 2 aromatic heterocycles. The van der Waals surface area contributed by atoms with Gasteiger partial charge in [0.2, 0.25) is 10.0 Å². The summed E-state index contributed by atoms with van der Waals surface area (Å²) in [6, 6.07) is 0. The van der Waals surface area contributed by atoms with Gasteiger partial charge >= 0.3 is 6.18 Å². The van der Waals surface area contributed by atoms with Crippen LogP contribution in [-0.4, -0.2) is 34.5 Å². The summed E-state index contributed by atoms with van der Waals surface area (Å²) in [5.41, 5.74) is -0.331. The number of aromatic nitrogens is 4. The minimum atomic E-state index is -4.62. The number of halogens is 4. The molecule has 150 valence electrons. The van der Waals surface area contributed by atoms with Gasteiger partial charge in [-0.15, -0.1) is 0 Å². The lowest BCUT2D eigenvalue weighted by Crippen LogP contribution is -2.26. The summed E-state index contributed by atoms with van der Waals surface area (Å²) in [4.78, 5) is 0.0742. The fraction of sp³-hybridized carbons (Fsp3) is 0.600. The molecule has 0 amide bonds. The van der Waals surface area contributed by atoms with Gasteiger partial charge in [-0.3, -0.25) is 9.36 Å². The quantitative estimate of drug-likeness (QED) is 0.691. The molecule has 0 aromatic carbocycles. The van der Waals surface area contributed by atoms with E-state index in [0.29, 0.717) is 11.4 Å². The van der Waals surface area contributed by atoms with Crippen LogP contribution in [0.3, 0.4) is 0 Å². The van der Waals surface area contributed by atoms with Crippen molar-refractivity contribution in [1.29, 1.82) is 0 Å². The number of sulfonamides is 1. The Hall–Kier alpha value is -1.59. The molecule has 1 N–H and O–H groups in total. The minimum absolute atomic E-state index is 0.0177. The van der Waals surface area contributed by atoms with Crippen molar-refractivity contribution in [3.8, 4) is 0 Å². The van der Waals surface area contributed by atoms with Gasteiger partial charge in [0, 0.05) is 32.3 Å². The van der Waals surface area contributed by atoms with E-state index in [4.69, 9.17) is 11.6 Å². The molecule has 2 heterocycles. The topological polar surface area (TPSA) is 81.8 Å². The van der Waals surface area contributed by atoms with Crippen LogP contribution in [0.2, 0.25) is 5.02 Å². The van der Waals surface area contributed by atoms with Gasteiger partial charge in [-0.25, -0.2) is 13.1 Å². The van der Waals surface area contributed by atoms with Gasteiger partial charge in [-0.05, 0) is 26.2 Å². The zero-order valence-electron chi connectivity index (χ0n) is 14.7. The lowest BCUT2D eigenvalue weighted by atomic mass is 10.2. The fourth-order valence-electron chi connectivity index (χ4n) is 2.91. The predicted octanol–water partition coefficient (Wildman–Crippen LogP) is 2.84. The summed E-state index contributed by atoms with van der Waals surface area (Å²) in [5, 5.41) is 7.26. The average molecular weight is 426 g/mol. The second-order valence-corrected chi connectivity index (χ2v) is 8.66. The van der Waals surface area contributed by atoms with Gasteiger partial charge < -0.3 is 0 Å². The van der Waals surface area contributed by atoms with Crippen LogP contribution in [0.4, 0.5) is 13.2 Å². The Balaban J connectivity index is 1.67. The molecular formula is C15H19ClF3N5O2S. The van der Waals surface area contributed by atoms with E-state index in [9.17, 15) is 21.6 Å². The van der Waals surface area contributed by atoms with Crippen molar-refractivity contribution in [2.24, 2.45) is 7.05 Å². The molecule has 0 spiro atoms. The summed E-state index contributed by atoms with van der Waals surface area (Å²) in [5.74, 6) is -0.0177. The van der Waals surface area contributed by atoms with Crippen LogP contribution in [0.1, 0.15) is 42.3 Å². The smallest absolute Gasteiger partial charge is 0.274 e. The molecule has 0 aliphatic heterocycles. The third kappa shape index (κ3) is 4.30. The highest BCUT2D eigenvalue weighted by Crippen LogP contribution is 2.46. The molecule has 1 fully saturated rings. The molecule has 1 aliphatic carbocycles. The largest absolute Gasteiger partial charge is 0.436 e. The van der Waals surface area contributed by atoms with E-state index >= 15 is 0 Å². The van der Waals surface area contributed by atoms with Gasteiger partial charge in [0.1, 0.15) is 4.90 Å². The van der Waals surface area contributed by atoms with E-state index < -0.39 is 21.9 Å². The van der Waals surface area contributed by atoms with Crippen LogP contribution in [0.25, 0.3) is 0 Å². The van der Waals surface area contributed by atoms with Crippen LogP contribution in [0, 0.1) is 6.92 Å². The van der Waals surface area contributed by atoms with Crippen molar-refractivity contribution in [3.05, 3.63) is 28.3 Å². The molecule has 3 rings (SSSR count). The van der Waals surface area contributed by atoms with Gasteiger partial charge in [-0.1, -0.05) is 11.6 Å². The van der Waals surface area contributed by atoms with Crippen LogP contribution < -0.4 is 4.72 Å². The lowest BCUT2D eigenvalue weighted by Gasteiger charge is -2.08. The SMILES string of the molecule is Cc1nn(C)cc1S(=O)(=O)NCCCn1nc(C(F)(F)F)c(Cl)c1C1CC1. The zero-order valence-corrected chi connectivity index (χ0v) is 16.3. The summed E-state index contributed by atoms with van der Waals surface area (Å²) in [6.45, 7) is 1.77. The van der Waals surface area contributed by atoms with E-state index in [2.05, 4.69) is 14.9 Å². The standard InChI is InChI=1S/C15H19ClF3N5O2S/c1-9-11(8-23(2)21-9)27(25,26)20-6-3-7-24-13(10-4-5-10)12(16)14(22-24)15(17,18)19/h8,10,20H,3-7H2,1-2H3. The number of rotatable bonds is 7. The van der Waals surface area contributed by atoms with Crippen molar-refractivity contribution in [2.75, 3.05) is 6.54 Å². The van der Waals surface area contributed by atoms with E-state index in [-0.39, 0.29) is 35.3 Å². The fourth-order valence-corrected chi connectivity index (χ4v) is 4.59. The predicted molar refractivity (Wildman–Crippen MR) is 92.0 cm³/mol. The first-order chi connectivity index (χ1) is 12.5. The Bertz CT molecular complexity index is 948. The van der Waals surface area contributed by atoms with Gasteiger partial charge in [0.15, 0.2) is 5.69 Å². The number of nitrogens with zero attached hydrogens (tertiary/aromatic N) is 4. The van der Waals surface area contributed by atoms with Gasteiger partial charge in [0.25, 0.3) is 0 Å². The van der Waals surface area contributed by atoms with Crippen molar-refractivity contribution in [1.82, 2.24) is 24.3 Å². The molecule has 12 heteroatoms. The molecule has 0 saturated heterocycles. The highest BCUT2D eigenvalue weighted by atomic mass is 35.5. The molecule has 0 radical (unpaired) electrons. The number of hydrogen-bond acceptors (Lipinski definition) is 4. The number of alkyl halides is 3. The summed E-state index contributed by atoms with van der Waals surface area (Å²) < 4.78 is 68.8. The maximum Gasteiger partial charge on any atom is 0.436 e. The molecule has 1 aliphatic rings. The second kappa shape index (κ2) is 7.10. The maximum absolute atomic E-state index is 13.0. The Morgan fingerprint density at radius 2 is 2.00 bits per heavy atom. The van der Waals surface area contributed by atoms with Crippen molar-refractivity contribution >= 4 is 21.6 Å². The van der Waals surface area contributed by atoms with Crippen LogP contribution in [-0.2, 0) is 29.8 Å². The van der Waals surface area contributed by atoms with E-state index in [1.807, 2.05) is 0 Å². The molecule has 27 heavy (non-hydrogen) atoms. The minimum Gasteiger partial charge on any atom is -0.274 e. The number of hydrogen-bond donors (Lipinski definition) is 1. The number of nitrogens with one attached hydrogen (secondary N) is 1. The van der Waals surface area contributed by atoms with Crippen LogP contribution in [0.5, 0.6) is 0 Å². The first-order valence-electron chi connectivity index (χ1n) is 8.34. The van der Waals surface area contributed by atoms with Gasteiger partial charge in [-0.2, -0.15) is 23.4 Å². The molecule has 1 saturated carbocycles. The normalized spacial score (nSPS) is 15.5. The van der Waals surface area contributed by atoms with Crippen molar-refractivity contribution in [3.63, 3.8) is 0 Å². The Morgan fingerprint density at radius 1 is 1.33 bits per heavy atom. The molecule has 0 atom stereocenters. The molecular weight excluding hydrogens is 407 g/mol. The molecule has 2 aromatic rings. The first-order valence-corrected chi connectivity index (χ1v) is 10.2. The Morgan fingerprint density at radius 3 is 2.52 bits per heavy atom. The van der Waals surface area contributed by atoms with E-state index in [1.54, 1.807) is 14.0 Å². The van der Waals surface area contributed by atoms with Gasteiger partial charge in [0.05, 0.1) is 16.4 Å². The second-order valence-electron chi connectivity index (χ2n) is 6.55. The average Bonchev–Trinajstić information content (AvgIpc) is 3.22. The van der Waals surface area contributed by atoms with E-state index in [1.165, 1.54) is 15.6 Å². The summed E-state index contributed by atoms with van der Waals surface area (Å²) in [6.07, 6.45) is -1.41. The molecule has 7 nitrogen and oxygen atoms in total. The molecule has 0 bridgehead atoms. The third-order valence-corrected chi connectivity index (χ3v) is 6.20. The maximum atomic E-state index is 13.0. The summed E-state index contributed by atoms with van der Waals surface area (Å²) in [7, 11) is -2.12. The first kappa shape index (κ1) is 20.2. The Labute approximate surface area is 159 Å². The lowest BCUT2D eigenvalue weighted by molar-refractivity contribution is -0.141.